The molecule has 0 unspecified atom stereocenters. The van der Waals surface area contributed by atoms with Gasteiger partial charge in [-0.3, -0.25) is 0 Å². The standard InChI is InChI=1S/C10H7BrO/c1-2-7-3-4-10-8(5-7)9(11)6-12-10/h2-6H,1H2. The van der Waals surface area contributed by atoms with Crippen molar-refractivity contribution in [2.75, 3.05) is 0 Å². The molecule has 60 valence electrons. The highest BCUT2D eigenvalue weighted by molar-refractivity contribution is 9.10. The summed E-state index contributed by atoms with van der Waals surface area (Å²) in [6.07, 6.45) is 3.51. The lowest BCUT2D eigenvalue weighted by atomic mass is 10.2. The Labute approximate surface area is 78.8 Å². The molecule has 0 aliphatic heterocycles. The van der Waals surface area contributed by atoms with Gasteiger partial charge < -0.3 is 4.42 Å². The highest BCUT2D eigenvalue weighted by atomic mass is 79.9. The van der Waals surface area contributed by atoms with E-state index in [1.54, 1.807) is 6.26 Å². The summed E-state index contributed by atoms with van der Waals surface area (Å²) in [5.74, 6) is 0. The maximum Gasteiger partial charge on any atom is 0.135 e. The molecule has 1 aromatic heterocycles. The van der Waals surface area contributed by atoms with Crippen LogP contribution < -0.4 is 0 Å². The number of rotatable bonds is 1. The van der Waals surface area contributed by atoms with Crippen molar-refractivity contribution in [2.24, 2.45) is 0 Å². The molecule has 12 heavy (non-hydrogen) atoms. The van der Waals surface area contributed by atoms with Crippen molar-refractivity contribution >= 4 is 33.0 Å². The van der Waals surface area contributed by atoms with Crippen LogP contribution in [0, 0.1) is 0 Å². The van der Waals surface area contributed by atoms with Gasteiger partial charge in [-0.1, -0.05) is 18.7 Å². The van der Waals surface area contributed by atoms with Crippen molar-refractivity contribution in [3.05, 3.63) is 41.1 Å². The molecule has 2 rings (SSSR count). The summed E-state index contributed by atoms with van der Waals surface area (Å²) in [7, 11) is 0. The minimum Gasteiger partial charge on any atom is -0.463 e. The Morgan fingerprint density at radius 1 is 1.42 bits per heavy atom. The Kier molecular flexibility index (Phi) is 1.77. The fraction of sp³-hybridized carbons (Fsp3) is 0. The van der Waals surface area contributed by atoms with Gasteiger partial charge in [0, 0.05) is 5.39 Å². The van der Waals surface area contributed by atoms with Crippen molar-refractivity contribution in [1.82, 2.24) is 0 Å². The Morgan fingerprint density at radius 3 is 3.00 bits per heavy atom. The molecule has 0 spiro atoms. The molecule has 0 fully saturated rings. The molecule has 0 aliphatic carbocycles. The Hall–Kier alpha value is -1.02. The smallest absolute Gasteiger partial charge is 0.135 e. The van der Waals surface area contributed by atoms with Gasteiger partial charge in [0.1, 0.15) is 11.8 Å². The molecular weight excluding hydrogens is 216 g/mol. The van der Waals surface area contributed by atoms with Gasteiger partial charge in [-0.25, -0.2) is 0 Å². The van der Waals surface area contributed by atoms with Crippen LogP contribution in [-0.4, -0.2) is 0 Å². The number of halogens is 1. The van der Waals surface area contributed by atoms with Gasteiger partial charge in [-0.15, -0.1) is 0 Å². The van der Waals surface area contributed by atoms with E-state index in [9.17, 15) is 0 Å². The lowest BCUT2D eigenvalue weighted by Gasteiger charge is -1.92. The maximum absolute atomic E-state index is 5.27. The van der Waals surface area contributed by atoms with Crippen molar-refractivity contribution in [1.29, 1.82) is 0 Å². The van der Waals surface area contributed by atoms with Gasteiger partial charge in [-0.05, 0) is 33.6 Å². The average Bonchev–Trinajstić information content (AvgIpc) is 2.47. The maximum atomic E-state index is 5.27. The topological polar surface area (TPSA) is 13.1 Å². The van der Waals surface area contributed by atoms with Gasteiger partial charge in [0.05, 0.1) is 4.47 Å². The predicted octanol–water partition coefficient (Wildman–Crippen LogP) is 3.84. The summed E-state index contributed by atoms with van der Waals surface area (Å²) in [4.78, 5) is 0. The average molecular weight is 223 g/mol. The number of furan rings is 1. The summed E-state index contributed by atoms with van der Waals surface area (Å²) in [5.41, 5.74) is 2.00. The molecule has 0 atom stereocenters. The van der Waals surface area contributed by atoms with E-state index in [2.05, 4.69) is 22.5 Å². The van der Waals surface area contributed by atoms with E-state index in [1.807, 2.05) is 24.3 Å². The van der Waals surface area contributed by atoms with E-state index >= 15 is 0 Å². The zero-order valence-electron chi connectivity index (χ0n) is 6.38. The van der Waals surface area contributed by atoms with Crippen LogP contribution >= 0.6 is 15.9 Å². The van der Waals surface area contributed by atoms with Crippen LogP contribution in [0.4, 0.5) is 0 Å². The SMILES string of the molecule is C=Cc1ccc2occ(Br)c2c1. The normalized spacial score (nSPS) is 10.4. The minimum absolute atomic E-state index is 0.896. The summed E-state index contributed by atoms with van der Waals surface area (Å²) < 4.78 is 6.25. The van der Waals surface area contributed by atoms with E-state index in [0.29, 0.717) is 0 Å². The second-order valence-electron chi connectivity index (χ2n) is 2.54. The number of fused-ring (bicyclic) bond motifs is 1. The summed E-state index contributed by atoms with van der Waals surface area (Å²) in [6, 6.07) is 5.96. The second-order valence-corrected chi connectivity index (χ2v) is 3.40. The molecule has 1 heterocycles. The molecular formula is C10H7BrO. The minimum atomic E-state index is 0.896. The number of benzene rings is 1. The van der Waals surface area contributed by atoms with Crippen LogP contribution in [0.2, 0.25) is 0 Å². The second kappa shape index (κ2) is 2.79. The largest absolute Gasteiger partial charge is 0.463 e. The highest BCUT2D eigenvalue weighted by Crippen LogP contribution is 2.26. The first-order valence-electron chi connectivity index (χ1n) is 3.60. The zero-order valence-corrected chi connectivity index (χ0v) is 7.97. The zero-order chi connectivity index (χ0) is 8.55. The van der Waals surface area contributed by atoms with Crippen molar-refractivity contribution in [3.8, 4) is 0 Å². The lowest BCUT2D eigenvalue weighted by molar-refractivity contribution is 0.614. The van der Waals surface area contributed by atoms with Crippen LogP contribution in [0.3, 0.4) is 0 Å². The molecule has 0 bridgehead atoms. The van der Waals surface area contributed by atoms with Gasteiger partial charge in [-0.2, -0.15) is 0 Å². The van der Waals surface area contributed by atoms with E-state index in [4.69, 9.17) is 4.42 Å². The third-order valence-corrected chi connectivity index (χ3v) is 2.40. The van der Waals surface area contributed by atoms with Gasteiger partial charge in [0.15, 0.2) is 0 Å². The third-order valence-electron chi connectivity index (χ3n) is 1.79. The Morgan fingerprint density at radius 2 is 2.25 bits per heavy atom. The monoisotopic (exact) mass is 222 g/mol. The number of hydrogen-bond donors (Lipinski definition) is 0. The molecule has 2 heteroatoms. The Bertz CT molecular complexity index is 428. The van der Waals surface area contributed by atoms with Gasteiger partial charge in [0.25, 0.3) is 0 Å². The first kappa shape index (κ1) is 7.62. The van der Waals surface area contributed by atoms with Crippen LogP contribution in [-0.2, 0) is 0 Å². The number of hydrogen-bond acceptors (Lipinski definition) is 1. The van der Waals surface area contributed by atoms with Crippen LogP contribution in [0.1, 0.15) is 5.56 Å². The first-order valence-corrected chi connectivity index (χ1v) is 4.40. The van der Waals surface area contributed by atoms with Gasteiger partial charge in [0.2, 0.25) is 0 Å². The van der Waals surface area contributed by atoms with Crippen LogP contribution in [0.25, 0.3) is 17.0 Å². The molecule has 0 N–H and O–H groups in total. The quantitative estimate of drug-likeness (QED) is 0.715. The van der Waals surface area contributed by atoms with Crippen LogP contribution in [0.15, 0.2) is 39.9 Å². The predicted molar refractivity (Wildman–Crippen MR) is 54.0 cm³/mol. The first-order chi connectivity index (χ1) is 5.81. The third kappa shape index (κ3) is 1.08. The fourth-order valence-electron chi connectivity index (χ4n) is 1.14. The lowest BCUT2D eigenvalue weighted by Crippen LogP contribution is -1.69. The van der Waals surface area contributed by atoms with Gasteiger partial charge >= 0.3 is 0 Å². The van der Waals surface area contributed by atoms with E-state index in [0.717, 1.165) is 21.0 Å². The molecule has 0 saturated carbocycles. The molecule has 2 aromatic rings. The molecule has 0 aliphatic rings. The van der Waals surface area contributed by atoms with E-state index in [1.165, 1.54) is 0 Å². The summed E-state index contributed by atoms with van der Waals surface area (Å²) in [6.45, 7) is 3.71. The summed E-state index contributed by atoms with van der Waals surface area (Å²) >= 11 is 3.40. The molecule has 0 radical (unpaired) electrons. The molecule has 0 amide bonds. The van der Waals surface area contributed by atoms with Crippen molar-refractivity contribution < 1.29 is 4.42 Å². The summed E-state index contributed by atoms with van der Waals surface area (Å²) in [5, 5.41) is 1.09. The molecule has 1 aromatic carbocycles. The van der Waals surface area contributed by atoms with Crippen LogP contribution in [0.5, 0.6) is 0 Å². The highest BCUT2D eigenvalue weighted by Gasteiger charge is 2.01. The van der Waals surface area contributed by atoms with E-state index < -0.39 is 0 Å². The van der Waals surface area contributed by atoms with E-state index in [-0.39, 0.29) is 0 Å². The Balaban J connectivity index is 2.79. The van der Waals surface area contributed by atoms with Crippen molar-refractivity contribution in [3.63, 3.8) is 0 Å². The fourth-order valence-corrected chi connectivity index (χ4v) is 1.55. The van der Waals surface area contributed by atoms with Crippen molar-refractivity contribution in [2.45, 2.75) is 0 Å². The molecule has 0 saturated heterocycles. The molecule has 1 nitrogen and oxygen atoms in total.